The van der Waals surface area contributed by atoms with Crippen LogP contribution in [-0.2, 0) is 13.0 Å². The largest absolute Gasteiger partial charge is 0.352 e. The summed E-state index contributed by atoms with van der Waals surface area (Å²) in [6.45, 7) is 5.90. The first-order chi connectivity index (χ1) is 9.15. The SMILES string of the molecule is Cc1nc(Cl)nc(N2CCc3ccccc3C2)c1C. The van der Waals surface area contributed by atoms with Crippen molar-refractivity contribution in [1.29, 1.82) is 0 Å². The van der Waals surface area contributed by atoms with Crippen LogP contribution in [0.1, 0.15) is 22.4 Å². The molecule has 0 bridgehead atoms. The molecule has 0 atom stereocenters. The van der Waals surface area contributed by atoms with Crippen LogP contribution in [0.4, 0.5) is 5.82 Å². The van der Waals surface area contributed by atoms with Crippen molar-refractivity contribution >= 4 is 17.4 Å². The monoisotopic (exact) mass is 273 g/mol. The fraction of sp³-hybridized carbons (Fsp3) is 0.333. The zero-order chi connectivity index (χ0) is 13.4. The van der Waals surface area contributed by atoms with Gasteiger partial charge in [-0.25, -0.2) is 9.97 Å². The Morgan fingerprint density at radius 2 is 1.84 bits per heavy atom. The molecular formula is C15H16ClN3. The second-order valence-electron chi connectivity index (χ2n) is 4.97. The molecule has 0 aliphatic carbocycles. The van der Waals surface area contributed by atoms with Crippen LogP contribution in [0.5, 0.6) is 0 Å². The van der Waals surface area contributed by atoms with E-state index in [1.54, 1.807) is 0 Å². The van der Waals surface area contributed by atoms with Crippen LogP contribution in [0.2, 0.25) is 5.28 Å². The van der Waals surface area contributed by atoms with Gasteiger partial charge in [0.25, 0.3) is 0 Å². The number of fused-ring (bicyclic) bond motifs is 1. The van der Waals surface area contributed by atoms with Gasteiger partial charge >= 0.3 is 0 Å². The van der Waals surface area contributed by atoms with Gasteiger partial charge in [-0.1, -0.05) is 24.3 Å². The standard InChI is InChI=1S/C15H16ClN3/c1-10-11(2)17-15(16)18-14(10)19-8-7-12-5-3-4-6-13(12)9-19/h3-6H,7-9H2,1-2H3. The number of aromatic nitrogens is 2. The van der Waals surface area contributed by atoms with E-state index in [0.29, 0.717) is 5.28 Å². The zero-order valence-corrected chi connectivity index (χ0v) is 11.9. The molecule has 0 fully saturated rings. The molecule has 0 unspecified atom stereocenters. The molecule has 98 valence electrons. The fourth-order valence-electron chi connectivity index (χ4n) is 2.56. The summed E-state index contributed by atoms with van der Waals surface area (Å²) in [7, 11) is 0. The predicted octanol–water partition coefficient (Wildman–Crippen LogP) is 3.31. The van der Waals surface area contributed by atoms with E-state index >= 15 is 0 Å². The Morgan fingerprint density at radius 3 is 2.63 bits per heavy atom. The molecule has 0 radical (unpaired) electrons. The fourth-order valence-corrected chi connectivity index (χ4v) is 2.77. The van der Waals surface area contributed by atoms with Gasteiger partial charge in [-0.05, 0) is 43.0 Å². The first-order valence-electron chi connectivity index (χ1n) is 6.47. The van der Waals surface area contributed by atoms with E-state index in [-0.39, 0.29) is 0 Å². The number of rotatable bonds is 1. The summed E-state index contributed by atoms with van der Waals surface area (Å²) in [5.74, 6) is 0.965. The lowest BCUT2D eigenvalue weighted by atomic mass is 9.99. The van der Waals surface area contributed by atoms with E-state index in [1.165, 1.54) is 11.1 Å². The first kappa shape index (κ1) is 12.4. The highest BCUT2D eigenvalue weighted by molar-refractivity contribution is 6.28. The van der Waals surface area contributed by atoms with Crippen molar-refractivity contribution in [3.8, 4) is 0 Å². The summed E-state index contributed by atoms with van der Waals surface area (Å²) in [6, 6.07) is 8.59. The van der Waals surface area contributed by atoms with Gasteiger partial charge in [0.2, 0.25) is 5.28 Å². The number of hydrogen-bond acceptors (Lipinski definition) is 3. The minimum Gasteiger partial charge on any atom is -0.352 e. The van der Waals surface area contributed by atoms with Crippen molar-refractivity contribution in [3.63, 3.8) is 0 Å². The lowest BCUT2D eigenvalue weighted by Crippen LogP contribution is -2.31. The zero-order valence-electron chi connectivity index (χ0n) is 11.2. The van der Waals surface area contributed by atoms with E-state index in [2.05, 4.69) is 46.1 Å². The number of anilines is 1. The van der Waals surface area contributed by atoms with Gasteiger partial charge in [-0.15, -0.1) is 0 Å². The average Bonchev–Trinajstić information content (AvgIpc) is 2.42. The maximum absolute atomic E-state index is 5.99. The van der Waals surface area contributed by atoms with Crippen LogP contribution >= 0.6 is 11.6 Å². The summed E-state index contributed by atoms with van der Waals surface area (Å²) < 4.78 is 0. The highest BCUT2D eigenvalue weighted by Crippen LogP contribution is 2.27. The third kappa shape index (κ3) is 2.30. The molecule has 0 saturated carbocycles. The summed E-state index contributed by atoms with van der Waals surface area (Å²) in [5, 5.41) is 0.331. The Kier molecular flexibility index (Phi) is 3.15. The maximum atomic E-state index is 5.99. The summed E-state index contributed by atoms with van der Waals surface area (Å²) in [4.78, 5) is 10.9. The number of halogens is 1. The Balaban J connectivity index is 1.97. The second-order valence-corrected chi connectivity index (χ2v) is 5.30. The molecule has 0 N–H and O–H groups in total. The van der Waals surface area contributed by atoms with E-state index in [9.17, 15) is 0 Å². The molecule has 3 rings (SSSR count). The molecule has 2 aromatic rings. The van der Waals surface area contributed by atoms with E-state index in [4.69, 9.17) is 11.6 Å². The molecule has 4 heteroatoms. The smallest absolute Gasteiger partial charge is 0.224 e. The predicted molar refractivity (Wildman–Crippen MR) is 77.7 cm³/mol. The molecule has 0 amide bonds. The minimum atomic E-state index is 0.331. The molecule has 1 aliphatic heterocycles. The quantitative estimate of drug-likeness (QED) is 0.747. The highest BCUT2D eigenvalue weighted by Gasteiger charge is 2.20. The highest BCUT2D eigenvalue weighted by atomic mass is 35.5. The molecule has 1 aliphatic rings. The van der Waals surface area contributed by atoms with Gasteiger partial charge in [0.15, 0.2) is 0 Å². The lowest BCUT2D eigenvalue weighted by molar-refractivity contribution is 0.715. The maximum Gasteiger partial charge on any atom is 0.224 e. The number of benzene rings is 1. The van der Waals surface area contributed by atoms with Crippen molar-refractivity contribution in [2.24, 2.45) is 0 Å². The third-order valence-electron chi connectivity index (χ3n) is 3.77. The summed E-state index contributed by atoms with van der Waals surface area (Å²) >= 11 is 5.99. The number of hydrogen-bond donors (Lipinski definition) is 0. The van der Waals surface area contributed by atoms with Gasteiger partial charge in [-0.3, -0.25) is 0 Å². The Labute approximate surface area is 118 Å². The Bertz CT molecular complexity index is 625. The van der Waals surface area contributed by atoms with E-state index < -0.39 is 0 Å². The van der Waals surface area contributed by atoms with Crippen LogP contribution in [-0.4, -0.2) is 16.5 Å². The van der Waals surface area contributed by atoms with Crippen molar-refractivity contribution in [2.45, 2.75) is 26.8 Å². The Hall–Kier alpha value is -1.61. The van der Waals surface area contributed by atoms with Crippen molar-refractivity contribution in [3.05, 3.63) is 51.9 Å². The normalized spacial score (nSPS) is 14.4. The van der Waals surface area contributed by atoms with Gasteiger partial charge in [0.05, 0.1) is 0 Å². The van der Waals surface area contributed by atoms with Gasteiger partial charge in [-0.2, -0.15) is 0 Å². The summed E-state index contributed by atoms with van der Waals surface area (Å²) in [5.41, 5.74) is 4.88. The summed E-state index contributed by atoms with van der Waals surface area (Å²) in [6.07, 6.45) is 1.05. The Morgan fingerprint density at radius 1 is 1.11 bits per heavy atom. The third-order valence-corrected chi connectivity index (χ3v) is 3.94. The number of aryl methyl sites for hydroxylation is 1. The molecule has 2 heterocycles. The van der Waals surface area contributed by atoms with Gasteiger partial charge < -0.3 is 4.90 Å². The molecule has 1 aromatic carbocycles. The van der Waals surface area contributed by atoms with Crippen LogP contribution in [0, 0.1) is 13.8 Å². The number of nitrogens with zero attached hydrogens (tertiary/aromatic N) is 3. The van der Waals surface area contributed by atoms with Crippen LogP contribution in [0.25, 0.3) is 0 Å². The van der Waals surface area contributed by atoms with Gasteiger partial charge in [0.1, 0.15) is 5.82 Å². The molecule has 0 saturated heterocycles. The molecule has 0 spiro atoms. The topological polar surface area (TPSA) is 29.0 Å². The minimum absolute atomic E-state index is 0.331. The van der Waals surface area contributed by atoms with Crippen LogP contribution in [0.15, 0.2) is 24.3 Å². The van der Waals surface area contributed by atoms with Crippen molar-refractivity contribution < 1.29 is 0 Å². The molecule has 3 nitrogen and oxygen atoms in total. The van der Waals surface area contributed by atoms with Crippen molar-refractivity contribution in [2.75, 3.05) is 11.4 Å². The van der Waals surface area contributed by atoms with Crippen LogP contribution in [0.3, 0.4) is 0 Å². The molecule has 1 aromatic heterocycles. The average molecular weight is 274 g/mol. The van der Waals surface area contributed by atoms with E-state index in [0.717, 1.165) is 36.6 Å². The first-order valence-corrected chi connectivity index (χ1v) is 6.85. The molecule has 19 heavy (non-hydrogen) atoms. The second kappa shape index (κ2) is 4.82. The molecular weight excluding hydrogens is 258 g/mol. The van der Waals surface area contributed by atoms with E-state index in [1.807, 2.05) is 6.92 Å². The van der Waals surface area contributed by atoms with Crippen LogP contribution < -0.4 is 4.90 Å². The van der Waals surface area contributed by atoms with Crippen molar-refractivity contribution in [1.82, 2.24) is 9.97 Å². The lowest BCUT2D eigenvalue weighted by Gasteiger charge is -2.31. The van der Waals surface area contributed by atoms with Gasteiger partial charge in [0, 0.05) is 24.3 Å².